The van der Waals surface area contributed by atoms with Crippen LogP contribution in [-0.2, 0) is 16.0 Å². The van der Waals surface area contributed by atoms with Crippen molar-refractivity contribution in [2.75, 3.05) is 6.54 Å². The first-order valence-corrected chi connectivity index (χ1v) is 9.52. The van der Waals surface area contributed by atoms with E-state index in [9.17, 15) is 26.4 Å². The van der Waals surface area contributed by atoms with Gasteiger partial charge in [0, 0.05) is 18.3 Å². The molecule has 0 atom stereocenters. The minimum atomic E-state index is -4.66. The van der Waals surface area contributed by atoms with Crippen molar-refractivity contribution in [3.8, 4) is 0 Å². The molecule has 0 unspecified atom stereocenters. The molecule has 0 saturated carbocycles. The number of alkyl halides is 3. The smallest absolute Gasteiger partial charge is 0.350 e. The van der Waals surface area contributed by atoms with Gasteiger partial charge in [-0.15, -0.1) is 0 Å². The van der Waals surface area contributed by atoms with Gasteiger partial charge in [0.15, 0.2) is 9.84 Å². The van der Waals surface area contributed by atoms with E-state index in [2.05, 4.69) is 10.3 Å². The summed E-state index contributed by atoms with van der Waals surface area (Å²) in [7, 11) is -4.16. The standard InChI is InChI=1S/C17H16ClF3N2O3S/c1-16(2,10-23-15(24)11-6-7-22-14(18)8-11)27(25,26)13-5-3-4-12(9-13)17(19,20)21/h3-9H,10H2,1-2H3,(H,23,24). The molecule has 0 saturated heterocycles. The number of amides is 1. The molecular formula is C17H16ClF3N2O3S. The summed E-state index contributed by atoms with van der Waals surface area (Å²) >= 11 is 5.70. The minimum absolute atomic E-state index is 0.0958. The van der Waals surface area contributed by atoms with Gasteiger partial charge in [-0.25, -0.2) is 13.4 Å². The van der Waals surface area contributed by atoms with E-state index in [1.54, 1.807) is 0 Å². The maximum atomic E-state index is 12.9. The highest BCUT2D eigenvalue weighted by molar-refractivity contribution is 7.92. The maximum Gasteiger partial charge on any atom is 0.416 e. The number of nitrogens with zero attached hydrogens (tertiary/aromatic N) is 1. The van der Waals surface area contributed by atoms with E-state index in [1.165, 1.54) is 32.2 Å². The van der Waals surface area contributed by atoms with Crippen LogP contribution in [0.1, 0.15) is 29.8 Å². The molecule has 0 spiro atoms. The van der Waals surface area contributed by atoms with E-state index in [0.717, 1.165) is 18.2 Å². The van der Waals surface area contributed by atoms with Crippen molar-refractivity contribution in [1.29, 1.82) is 0 Å². The van der Waals surface area contributed by atoms with E-state index in [4.69, 9.17) is 11.6 Å². The Morgan fingerprint density at radius 2 is 1.85 bits per heavy atom. The molecule has 1 aromatic heterocycles. The molecule has 0 aliphatic rings. The Morgan fingerprint density at radius 1 is 1.19 bits per heavy atom. The van der Waals surface area contributed by atoms with Crippen molar-refractivity contribution in [2.45, 2.75) is 29.7 Å². The Balaban J connectivity index is 2.23. The van der Waals surface area contributed by atoms with Gasteiger partial charge in [0.05, 0.1) is 15.2 Å². The van der Waals surface area contributed by atoms with Gasteiger partial charge >= 0.3 is 6.18 Å². The van der Waals surface area contributed by atoms with Crippen LogP contribution in [0.15, 0.2) is 47.5 Å². The lowest BCUT2D eigenvalue weighted by Crippen LogP contribution is -2.44. The molecule has 2 rings (SSSR count). The number of hydrogen-bond acceptors (Lipinski definition) is 4. The summed E-state index contributed by atoms with van der Waals surface area (Å²) in [5, 5.41) is 2.56. The third-order valence-electron chi connectivity index (χ3n) is 3.86. The molecule has 1 aromatic carbocycles. The molecule has 0 fully saturated rings. The Morgan fingerprint density at radius 3 is 2.44 bits per heavy atom. The van der Waals surface area contributed by atoms with Gasteiger partial charge in [0.2, 0.25) is 0 Å². The van der Waals surface area contributed by atoms with E-state index < -0.39 is 37.1 Å². The lowest BCUT2D eigenvalue weighted by atomic mass is 10.2. The monoisotopic (exact) mass is 420 g/mol. The first-order chi connectivity index (χ1) is 12.3. The number of nitrogens with one attached hydrogen (secondary N) is 1. The molecule has 0 radical (unpaired) electrons. The fourth-order valence-corrected chi connectivity index (χ4v) is 3.81. The second kappa shape index (κ2) is 7.47. The average molecular weight is 421 g/mol. The number of sulfone groups is 1. The molecule has 0 bridgehead atoms. The van der Waals surface area contributed by atoms with Crippen LogP contribution in [0, 0.1) is 0 Å². The van der Waals surface area contributed by atoms with Crippen LogP contribution < -0.4 is 5.32 Å². The van der Waals surface area contributed by atoms with E-state index in [1.807, 2.05) is 0 Å². The van der Waals surface area contributed by atoms with Crippen molar-refractivity contribution >= 4 is 27.3 Å². The third kappa shape index (κ3) is 4.78. The first kappa shape index (κ1) is 21.2. The van der Waals surface area contributed by atoms with E-state index in [0.29, 0.717) is 6.07 Å². The number of halogens is 4. The predicted octanol–water partition coefficient (Wildman–Crippen LogP) is 3.74. The number of aromatic nitrogens is 1. The number of pyridine rings is 1. The topological polar surface area (TPSA) is 76.1 Å². The third-order valence-corrected chi connectivity index (χ3v) is 6.54. The second-order valence-electron chi connectivity index (χ2n) is 6.34. The van der Waals surface area contributed by atoms with E-state index >= 15 is 0 Å². The number of rotatable bonds is 5. The van der Waals surface area contributed by atoms with Gasteiger partial charge in [-0.3, -0.25) is 4.79 Å². The Hall–Kier alpha value is -2.13. The molecule has 0 aliphatic carbocycles. The normalized spacial score (nSPS) is 12.7. The maximum absolute atomic E-state index is 12.9. The SMILES string of the molecule is CC(C)(CNC(=O)c1ccnc(Cl)c1)S(=O)(=O)c1cccc(C(F)(F)F)c1. The molecule has 0 aliphatic heterocycles. The van der Waals surface area contributed by atoms with Gasteiger partial charge in [-0.1, -0.05) is 17.7 Å². The Labute approximate surface area is 159 Å². The molecule has 5 nitrogen and oxygen atoms in total. The summed E-state index contributed by atoms with van der Waals surface area (Å²) in [6.07, 6.45) is -3.34. The number of carbonyl (C=O) groups is 1. The second-order valence-corrected chi connectivity index (χ2v) is 9.31. The van der Waals surface area contributed by atoms with Gasteiger partial charge < -0.3 is 5.32 Å². The van der Waals surface area contributed by atoms with Crippen LogP contribution in [0.3, 0.4) is 0 Å². The summed E-state index contributed by atoms with van der Waals surface area (Å²) in [5.41, 5.74) is -0.878. The van der Waals surface area contributed by atoms with Gasteiger partial charge in [0.25, 0.3) is 5.91 Å². The summed E-state index contributed by atoms with van der Waals surface area (Å²) in [4.78, 5) is 15.4. The Kier molecular flexibility index (Phi) is 5.86. The number of hydrogen-bond donors (Lipinski definition) is 1. The number of benzene rings is 1. The highest BCUT2D eigenvalue weighted by atomic mass is 35.5. The summed E-state index contributed by atoms with van der Waals surface area (Å²) in [6.45, 7) is 2.33. The Bertz CT molecular complexity index is 960. The van der Waals surface area contributed by atoms with Crippen molar-refractivity contribution in [3.63, 3.8) is 0 Å². The zero-order valence-electron chi connectivity index (χ0n) is 14.3. The molecule has 146 valence electrons. The molecule has 1 N–H and O–H groups in total. The van der Waals surface area contributed by atoms with Crippen LogP contribution in [0.2, 0.25) is 5.15 Å². The van der Waals surface area contributed by atoms with E-state index in [-0.39, 0.29) is 17.3 Å². The van der Waals surface area contributed by atoms with Crippen molar-refractivity contribution in [2.24, 2.45) is 0 Å². The van der Waals surface area contributed by atoms with Crippen molar-refractivity contribution < 1.29 is 26.4 Å². The zero-order valence-corrected chi connectivity index (χ0v) is 15.9. The first-order valence-electron chi connectivity index (χ1n) is 7.66. The van der Waals surface area contributed by atoms with Crippen LogP contribution in [0.5, 0.6) is 0 Å². The predicted molar refractivity (Wildman–Crippen MR) is 94.3 cm³/mol. The van der Waals surface area contributed by atoms with Crippen molar-refractivity contribution in [1.82, 2.24) is 10.3 Å². The quantitative estimate of drug-likeness (QED) is 0.748. The molecule has 1 heterocycles. The summed E-state index contributed by atoms with van der Waals surface area (Å²) in [5.74, 6) is -0.577. The zero-order chi connectivity index (χ0) is 20.5. The summed E-state index contributed by atoms with van der Waals surface area (Å²) in [6, 6.07) is 6.21. The highest BCUT2D eigenvalue weighted by Crippen LogP contribution is 2.33. The molecule has 27 heavy (non-hydrogen) atoms. The van der Waals surface area contributed by atoms with Gasteiger partial charge in [0.1, 0.15) is 5.15 Å². The highest BCUT2D eigenvalue weighted by Gasteiger charge is 2.38. The van der Waals surface area contributed by atoms with Crippen LogP contribution in [0.25, 0.3) is 0 Å². The molecular weight excluding hydrogens is 405 g/mol. The minimum Gasteiger partial charge on any atom is -0.350 e. The molecule has 2 aromatic rings. The van der Waals surface area contributed by atoms with Crippen molar-refractivity contribution in [3.05, 3.63) is 58.9 Å². The fourth-order valence-electron chi connectivity index (χ4n) is 2.19. The van der Waals surface area contributed by atoms with Crippen LogP contribution in [0.4, 0.5) is 13.2 Å². The van der Waals surface area contributed by atoms with Crippen LogP contribution in [-0.4, -0.2) is 30.6 Å². The number of carbonyl (C=O) groups excluding carboxylic acids is 1. The molecule has 1 amide bonds. The lowest BCUT2D eigenvalue weighted by molar-refractivity contribution is -0.137. The largest absolute Gasteiger partial charge is 0.416 e. The average Bonchev–Trinajstić information content (AvgIpc) is 2.59. The summed E-state index contributed by atoms with van der Waals surface area (Å²) < 4.78 is 62.6. The molecule has 10 heteroatoms. The fraction of sp³-hybridized carbons (Fsp3) is 0.294. The van der Waals surface area contributed by atoms with Gasteiger partial charge in [-0.2, -0.15) is 13.2 Å². The van der Waals surface area contributed by atoms with Gasteiger partial charge in [-0.05, 0) is 44.2 Å². The lowest BCUT2D eigenvalue weighted by Gasteiger charge is -2.25. The van der Waals surface area contributed by atoms with Crippen LogP contribution >= 0.6 is 11.6 Å².